The minimum Gasteiger partial charge on any atom is -0.497 e. The van der Waals surface area contributed by atoms with E-state index in [0.717, 1.165) is 11.3 Å². The highest BCUT2D eigenvalue weighted by Crippen LogP contribution is 2.19. The zero-order valence-electron chi connectivity index (χ0n) is 11.3. The lowest BCUT2D eigenvalue weighted by Crippen LogP contribution is -2.23. The van der Waals surface area contributed by atoms with Gasteiger partial charge < -0.3 is 9.47 Å². The molecule has 0 aliphatic heterocycles. The second-order valence-electron chi connectivity index (χ2n) is 4.07. The lowest BCUT2D eigenvalue weighted by atomic mass is 10.2. The van der Waals surface area contributed by atoms with Gasteiger partial charge in [-0.3, -0.25) is 4.79 Å². The van der Waals surface area contributed by atoms with Crippen LogP contribution in [0.15, 0.2) is 39.6 Å². The Kier molecular flexibility index (Phi) is 4.79. The van der Waals surface area contributed by atoms with E-state index in [9.17, 15) is 4.79 Å². The monoisotopic (exact) mass is 338 g/mol. The van der Waals surface area contributed by atoms with Gasteiger partial charge in [-0.25, -0.2) is 4.68 Å². The van der Waals surface area contributed by atoms with Crippen molar-refractivity contribution in [2.24, 2.45) is 0 Å². The fourth-order valence-corrected chi connectivity index (χ4v) is 2.09. The number of methoxy groups -OCH3 is 1. The molecular weight excluding hydrogens is 324 g/mol. The predicted octanol–water partition coefficient (Wildman–Crippen LogP) is 2.46. The minimum absolute atomic E-state index is 0.184. The molecule has 0 spiro atoms. The largest absolute Gasteiger partial charge is 0.497 e. The lowest BCUT2D eigenvalue weighted by Gasteiger charge is -2.09. The summed E-state index contributed by atoms with van der Waals surface area (Å²) in [4.78, 5) is 11.9. The van der Waals surface area contributed by atoms with Crippen LogP contribution < -0.4 is 15.0 Å². The summed E-state index contributed by atoms with van der Waals surface area (Å²) in [6, 6.07) is 8.96. The van der Waals surface area contributed by atoms with Crippen molar-refractivity contribution < 1.29 is 9.47 Å². The molecule has 0 aliphatic rings. The van der Waals surface area contributed by atoms with Crippen LogP contribution in [0.4, 0.5) is 0 Å². The summed E-state index contributed by atoms with van der Waals surface area (Å²) in [6.07, 6.45) is 0. The van der Waals surface area contributed by atoms with Crippen LogP contribution in [0.3, 0.4) is 0 Å². The van der Waals surface area contributed by atoms with Crippen molar-refractivity contribution in [3.63, 3.8) is 0 Å². The number of rotatable bonds is 5. The quantitative estimate of drug-likeness (QED) is 0.840. The maximum Gasteiger partial charge on any atom is 0.268 e. The Hall–Kier alpha value is -1.82. The Balaban J connectivity index is 2.27. The first-order chi connectivity index (χ1) is 9.63. The minimum atomic E-state index is -0.184. The summed E-state index contributed by atoms with van der Waals surface area (Å²) in [5, 5.41) is 4.20. The van der Waals surface area contributed by atoms with Gasteiger partial charge in [0, 0.05) is 6.07 Å². The molecule has 0 radical (unpaired) electrons. The fraction of sp³-hybridized carbons (Fsp3) is 0.286. The van der Waals surface area contributed by atoms with Crippen molar-refractivity contribution in [1.29, 1.82) is 0 Å². The zero-order chi connectivity index (χ0) is 14.5. The highest BCUT2D eigenvalue weighted by molar-refractivity contribution is 9.10. The van der Waals surface area contributed by atoms with Crippen LogP contribution in [-0.4, -0.2) is 23.5 Å². The number of hydrogen-bond donors (Lipinski definition) is 0. The number of hydrogen-bond acceptors (Lipinski definition) is 4. The van der Waals surface area contributed by atoms with Crippen molar-refractivity contribution in [1.82, 2.24) is 9.78 Å². The van der Waals surface area contributed by atoms with E-state index in [1.165, 1.54) is 10.7 Å². The first-order valence-corrected chi connectivity index (χ1v) is 6.96. The molecule has 1 aromatic heterocycles. The molecule has 0 unspecified atom stereocenters. The molecule has 5 nitrogen and oxygen atoms in total. The van der Waals surface area contributed by atoms with Crippen molar-refractivity contribution in [3.05, 3.63) is 50.7 Å². The van der Waals surface area contributed by atoms with Gasteiger partial charge in [-0.1, -0.05) is 12.1 Å². The number of benzene rings is 1. The van der Waals surface area contributed by atoms with Crippen LogP contribution in [0.5, 0.6) is 11.6 Å². The summed E-state index contributed by atoms with van der Waals surface area (Å²) < 4.78 is 12.4. The van der Waals surface area contributed by atoms with Gasteiger partial charge in [-0.05, 0) is 40.5 Å². The first kappa shape index (κ1) is 14.6. The van der Waals surface area contributed by atoms with Crippen molar-refractivity contribution >= 4 is 15.9 Å². The Morgan fingerprint density at radius 3 is 2.60 bits per heavy atom. The summed E-state index contributed by atoms with van der Waals surface area (Å²) in [7, 11) is 1.62. The van der Waals surface area contributed by atoms with E-state index >= 15 is 0 Å². The molecule has 1 aromatic carbocycles. The Morgan fingerprint density at radius 2 is 2.00 bits per heavy atom. The second-order valence-corrected chi connectivity index (χ2v) is 4.93. The molecule has 0 saturated carbocycles. The zero-order valence-corrected chi connectivity index (χ0v) is 12.9. The van der Waals surface area contributed by atoms with E-state index in [1.54, 1.807) is 7.11 Å². The van der Waals surface area contributed by atoms with E-state index in [1.807, 2.05) is 31.2 Å². The van der Waals surface area contributed by atoms with Crippen LogP contribution in [0.1, 0.15) is 12.5 Å². The summed E-state index contributed by atoms with van der Waals surface area (Å²) in [6.45, 7) is 2.75. The van der Waals surface area contributed by atoms with Crippen molar-refractivity contribution in [2.45, 2.75) is 13.5 Å². The van der Waals surface area contributed by atoms with Gasteiger partial charge in [0.25, 0.3) is 5.56 Å². The number of halogens is 1. The first-order valence-electron chi connectivity index (χ1n) is 6.17. The topological polar surface area (TPSA) is 53.4 Å². The molecule has 1 heterocycles. The predicted molar refractivity (Wildman–Crippen MR) is 79.5 cm³/mol. The standard InChI is InChI=1S/C14H15BrN2O3/c1-3-20-14-12(15)8-13(18)17(16-14)9-10-4-6-11(19-2)7-5-10/h4-8H,3,9H2,1-2H3. The van der Waals surface area contributed by atoms with Gasteiger partial charge in [0.15, 0.2) is 0 Å². The van der Waals surface area contributed by atoms with Crippen LogP contribution in [-0.2, 0) is 6.54 Å². The van der Waals surface area contributed by atoms with Crippen LogP contribution >= 0.6 is 15.9 Å². The van der Waals surface area contributed by atoms with Crippen LogP contribution in [0, 0.1) is 0 Å². The molecule has 6 heteroatoms. The normalized spacial score (nSPS) is 10.3. The fourth-order valence-electron chi connectivity index (χ4n) is 1.70. The van der Waals surface area contributed by atoms with Gasteiger partial charge >= 0.3 is 0 Å². The molecule has 0 aliphatic carbocycles. The maximum absolute atomic E-state index is 11.9. The van der Waals surface area contributed by atoms with E-state index in [-0.39, 0.29) is 5.56 Å². The third-order valence-corrected chi connectivity index (χ3v) is 3.26. The van der Waals surface area contributed by atoms with E-state index in [4.69, 9.17) is 9.47 Å². The SMILES string of the molecule is CCOc1nn(Cc2ccc(OC)cc2)c(=O)cc1Br. The van der Waals surface area contributed by atoms with E-state index < -0.39 is 0 Å². The molecule has 0 amide bonds. The highest BCUT2D eigenvalue weighted by Gasteiger charge is 2.08. The third kappa shape index (κ3) is 3.39. The van der Waals surface area contributed by atoms with Crippen molar-refractivity contribution in [3.8, 4) is 11.6 Å². The molecular formula is C14H15BrN2O3. The molecule has 106 valence electrons. The molecule has 2 aromatic rings. The molecule has 0 fully saturated rings. The summed E-state index contributed by atoms with van der Waals surface area (Å²) >= 11 is 3.27. The highest BCUT2D eigenvalue weighted by atomic mass is 79.9. The van der Waals surface area contributed by atoms with Crippen LogP contribution in [0.25, 0.3) is 0 Å². The summed E-state index contributed by atoms with van der Waals surface area (Å²) in [5.74, 6) is 1.19. The van der Waals surface area contributed by atoms with E-state index in [0.29, 0.717) is 23.5 Å². The average molecular weight is 339 g/mol. The number of nitrogens with zero attached hydrogens (tertiary/aromatic N) is 2. The molecule has 0 saturated heterocycles. The van der Waals surface area contributed by atoms with Gasteiger partial charge in [0.05, 0.1) is 24.7 Å². The van der Waals surface area contributed by atoms with Gasteiger partial charge in [-0.15, -0.1) is 5.10 Å². The molecule has 20 heavy (non-hydrogen) atoms. The molecule has 0 atom stereocenters. The number of aromatic nitrogens is 2. The molecule has 2 rings (SSSR count). The maximum atomic E-state index is 11.9. The third-order valence-electron chi connectivity index (χ3n) is 2.69. The van der Waals surface area contributed by atoms with Crippen molar-refractivity contribution in [2.75, 3.05) is 13.7 Å². The van der Waals surface area contributed by atoms with Gasteiger partial charge in [-0.2, -0.15) is 0 Å². The summed E-state index contributed by atoms with van der Waals surface area (Å²) in [5.41, 5.74) is 0.779. The molecule has 0 bridgehead atoms. The lowest BCUT2D eigenvalue weighted by molar-refractivity contribution is 0.312. The molecule has 0 N–H and O–H groups in total. The average Bonchev–Trinajstić information content (AvgIpc) is 2.45. The second kappa shape index (κ2) is 6.56. The number of ether oxygens (including phenoxy) is 2. The van der Waals surface area contributed by atoms with Gasteiger partial charge in [0.2, 0.25) is 5.88 Å². The Morgan fingerprint density at radius 1 is 1.30 bits per heavy atom. The Labute approximate surface area is 125 Å². The Bertz CT molecular complexity index is 638. The van der Waals surface area contributed by atoms with Gasteiger partial charge in [0.1, 0.15) is 5.75 Å². The smallest absolute Gasteiger partial charge is 0.268 e. The van der Waals surface area contributed by atoms with E-state index in [2.05, 4.69) is 21.0 Å². The van der Waals surface area contributed by atoms with Crippen LogP contribution in [0.2, 0.25) is 0 Å².